The number of hydrogen-bond donors (Lipinski definition) is 1. The zero-order valence-electron chi connectivity index (χ0n) is 9.40. The van der Waals surface area contributed by atoms with Crippen molar-refractivity contribution in [1.82, 2.24) is 10.2 Å². The van der Waals surface area contributed by atoms with E-state index in [1.807, 2.05) is 0 Å². The molecule has 0 bridgehead atoms. The van der Waals surface area contributed by atoms with Gasteiger partial charge >= 0.3 is 0 Å². The average molecular weight is 249 g/mol. The fourth-order valence-corrected chi connectivity index (χ4v) is 2.05. The van der Waals surface area contributed by atoms with Crippen molar-refractivity contribution < 1.29 is 4.39 Å². The quantitative estimate of drug-likeness (QED) is 0.820. The molecule has 0 unspecified atom stereocenters. The lowest BCUT2D eigenvalue weighted by atomic mass is 10.2. The zero-order chi connectivity index (χ0) is 12.1. The minimum atomic E-state index is -0.204. The Kier molecular flexibility index (Phi) is 4.45. The summed E-state index contributed by atoms with van der Waals surface area (Å²) in [4.78, 5) is 6.49. The Balaban J connectivity index is 1.87. The molecule has 0 aliphatic carbocycles. The summed E-state index contributed by atoms with van der Waals surface area (Å²) in [7, 11) is 5.42. The number of benzene rings is 1. The Hall–Kier alpha value is -1.01. The van der Waals surface area contributed by atoms with Crippen LogP contribution in [0.25, 0.3) is 0 Å². The number of halogens is 1. The van der Waals surface area contributed by atoms with E-state index in [1.165, 1.54) is 23.9 Å². The maximum atomic E-state index is 12.7. The van der Waals surface area contributed by atoms with E-state index in [1.54, 1.807) is 12.1 Å². The molecule has 1 aliphatic rings. The van der Waals surface area contributed by atoms with Crippen molar-refractivity contribution in [3.05, 3.63) is 35.6 Å². The number of hydrogen-bond acceptors (Lipinski definition) is 4. The number of thioether (sulfide) groups is 1. The van der Waals surface area contributed by atoms with Crippen molar-refractivity contribution >= 4 is 24.8 Å². The molecule has 0 saturated carbocycles. The molecule has 6 heteroatoms. The first-order valence-electron chi connectivity index (χ1n) is 5.36. The summed E-state index contributed by atoms with van der Waals surface area (Å²) in [6.07, 6.45) is 0. The van der Waals surface area contributed by atoms with Gasteiger partial charge in [0.25, 0.3) is 0 Å². The molecule has 1 aromatic rings. The van der Waals surface area contributed by atoms with Gasteiger partial charge in [-0.2, -0.15) is 0 Å². The van der Waals surface area contributed by atoms with Gasteiger partial charge in [-0.15, -0.1) is 0 Å². The third kappa shape index (κ3) is 3.75. The van der Waals surface area contributed by atoms with Crippen molar-refractivity contribution in [2.45, 2.75) is 6.54 Å². The molecule has 1 heterocycles. The monoisotopic (exact) mass is 249 g/mol. The van der Waals surface area contributed by atoms with Gasteiger partial charge in [0.2, 0.25) is 0 Å². The number of aliphatic imine (C=N–C) groups is 1. The van der Waals surface area contributed by atoms with Gasteiger partial charge < -0.3 is 5.32 Å². The van der Waals surface area contributed by atoms with Crippen LogP contribution < -0.4 is 5.32 Å². The van der Waals surface area contributed by atoms with Gasteiger partial charge in [-0.1, -0.05) is 23.9 Å². The van der Waals surface area contributed by atoms with Crippen LogP contribution in [-0.2, 0) is 6.54 Å². The summed E-state index contributed by atoms with van der Waals surface area (Å²) in [5.74, 6) is -0.204. The SMILES string of the molecule is [B]CSC1=NCN(Cc2ccc(F)cc2)CN1. The fraction of sp³-hybridized carbons (Fsp3) is 0.364. The van der Waals surface area contributed by atoms with Crippen LogP contribution in [0.5, 0.6) is 0 Å². The Morgan fingerprint density at radius 1 is 1.41 bits per heavy atom. The first-order valence-corrected chi connectivity index (χ1v) is 6.34. The minimum Gasteiger partial charge on any atom is -0.352 e. The fourth-order valence-electron chi connectivity index (χ4n) is 1.58. The van der Waals surface area contributed by atoms with E-state index in [-0.39, 0.29) is 5.82 Å². The maximum Gasteiger partial charge on any atom is 0.158 e. The van der Waals surface area contributed by atoms with E-state index < -0.39 is 0 Å². The predicted octanol–water partition coefficient (Wildman–Crippen LogP) is 1.36. The second kappa shape index (κ2) is 6.07. The topological polar surface area (TPSA) is 27.6 Å². The Bertz CT molecular complexity index is 396. The maximum absolute atomic E-state index is 12.7. The number of nitrogens with one attached hydrogen (secondary N) is 1. The van der Waals surface area contributed by atoms with Crippen LogP contribution in [0.2, 0.25) is 0 Å². The van der Waals surface area contributed by atoms with Crippen LogP contribution >= 0.6 is 11.8 Å². The highest BCUT2D eigenvalue weighted by molar-refractivity contribution is 8.14. The predicted molar refractivity (Wildman–Crippen MR) is 70.5 cm³/mol. The van der Waals surface area contributed by atoms with Crippen molar-refractivity contribution in [3.8, 4) is 0 Å². The lowest BCUT2D eigenvalue weighted by Gasteiger charge is -2.26. The van der Waals surface area contributed by atoms with E-state index in [0.29, 0.717) is 12.3 Å². The second-order valence-electron chi connectivity index (χ2n) is 3.71. The number of rotatable bonds is 3. The molecule has 1 aliphatic heterocycles. The van der Waals surface area contributed by atoms with Crippen LogP contribution in [0, 0.1) is 5.82 Å². The van der Waals surface area contributed by atoms with Crippen LogP contribution in [-0.4, -0.2) is 36.9 Å². The summed E-state index contributed by atoms with van der Waals surface area (Å²) >= 11 is 1.50. The largest absolute Gasteiger partial charge is 0.352 e. The molecule has 2 rings (SSSR count). The molecule has 0 fully saturated rings. The molecule has 0 saturated heterocycles. The molecule has 1 N–H and O–H groups in total. The first kappa shape index (κ1) is 12.5. The van der Waals surface area contributed by atoms with Gasteiger partial charge in [-0.05, 0) is 23.3 Å². The highest BCUT2D eigenvalue weighted by Crippen LogP contribution is 2.09. The lowest BCUT2D eigenvalue weighted by Crippen LogP contribution is -2.41. The van der Waals surface area contributed by atoms with E-state index in [0.717, 1.165) is 23.9 Å². The van der Waals surface area contributed by atoms with Gasteiger partial charge in [-0.3, -0.25) is 4.90 Å². The van der Waals surface area contributed by atoms with Crippen LogP contribution in [0.3, 0.4) is 0 Å². The van der Waals surface area contributed by atoms with Crippen molar-refractivity contribution in [2.24, 2.45) is 4.99 Å². The molecule has 88 valence electrons. The Morgan fingerprint density at radius 2 is 2.18 bits per heavy atom. The van der Waals surface area contributed by atoms with Gasteiger partial charge in [-0.25, -0.2) is 9.38 Å². The third-order valence-electron chi connectivity index (χ3n) is 2.41. The molecule has 17 heavy (non-hydrogen) atoms. The van der Waals surface area contributed by atoms with E-state index in [2.05, 4.69) is 15.2 Å². The average Bonchev–Trinajstić information content (AvgIpc) is 2.35. The molecule has 0 aromatic heterocycles. The van der Waals surface area contributed by atoms with Crippen LogP contribution in [0.15, 0.2) is 29.3 Å². The van der Waals surface area contributed by atoms with Crippen molar-refractivity contribution in [2.75, 3.05) is 19.0 Å². The van der Waals surface area contributed by atoms with Gasteiger partial charge in [0.15, 0.2) is 5.17 Å². The molecule has 0 atom stereocenters. The van der Waals surface area contributed by atoms with Gasteiger partial charge in [0, 0.05) is 6.54 Å². The summed E-state index contributed by atoms with van der Waals surface area (Å²) in [5, 5.41) is 4.08. The van der Waals surface area contributed by atoms with Gasteiger partial charge in [0.1, 0.15) is 5.82 Å². The third-order valence-corrected chi connectivity index (χ3v) is 3.12. The molecular formula is C11H13BFN3S. The Morgan fingerprint density at radius 3 is 2.76 bits per heavy atom. The van der Waals surface area contributed by atoms with Crippen molar-refractivity contribution in [3.63, 3.8) is 0 Å². The van der Waals surface area contributed by atoms with Crippen molar-refractivity contribution in [1.29, 1.82) is 0 Å². The molecule has 3 nitrogen and oxygen atoms in total. The molecule has 0 spiro atoms. The summed E-state index contributed by atoms with van der Waals surface area (Å²) in [5.41, 5.74) is 1.61. The van der Waals surface area contributed by atoms with Gasteiger partial charge in [0.05, 0.1) is 21.2 Å². The second-order valence-corrected chi connectivity index (χ2v) is 4.71. The molecule has 1 aromatic carbocycles. The standard InChI is InChI=1S/C11H13BFN3S/c12-6-17-11-14-7-16(8-15-11)5-9-1-3-10(13)4-2-9/h1-4H,5-8H2,(H,14,15). The minimum absolute atomic E-state index is 0.204. The first-order chi connectivity index (χ1) is 8.28. The highest BCUT2D eigenvalue weighted by atomic mass is 32.2. The summed E-state index contributed by atoms with van der Waals surface area (Å²) in [6.45, 7) is 2.15. The van der Waals surface area contributed by atoms with E-state index in [9.17, 15) is 4.39 Å². The molecule has 2 radical (unpaired) electrons. The van der Waals surface area contributed by atoms with Crippen LogP contribution in [0.4, 0.5) is 4.39 Å². The Labute approximate surface area is 106 Å². The number of amidine groups is 1. The lowest BCUT2D eigenvalue weighted by molar-refractivity contribution is 0.258. The highest BCUT2D eigenvalue weighted by Gasteiger charge is 2.11. The molecule has 0 amide bonds. The summed E-state index contributed by atoms with van der Waals surface area (Å²) in [6, 6.07) is 6.55. The van der Waals surface area contributed by atoms with Crippen LogP contribution in [0.1, 0.15) is 5.56 Å². The van der Waals surface area contributed by atoms with E-state index >= 15 is 0 Å². The zero-order valence-corrected chi connectivity index (χ0v) is 10.2. The normalized spacial score (nSPS) is 16.4. The summed E-state index contributed by atoms with van der Waals surface area (Å²) < 4.78 is 12.7. The smallest absolute Gasteiger partial charge is 0.158 e. The van der Waals surface area contributed by atoms with E-state index in [4.69, 9.17) is 7.85 Å². The number of nitrogens with zero attached hydrogens (tertiary/aromatic N) is 2. The molecular weight excluding hydrogens is 236 g/mol.